The van der Waals surface area contributed by atoms with Gasteiger partial charge in [0.1, 0.15) is 11.6 Å². The minimum atomic E-state index is -1.16. The molecule has 0 radical (unpaired) electrons. The number of halogens is 4. The van der Waals surface area contributed by atoms with Gasteiger partial charge in [-0.2, -0.15) is 0 Å². The van der Waals surface area contributed by atoms with Crippen LogP contribution in [0.15, 0.2) is 18.2 Å². The van der Waals surface area contributed by atoms with Crippen molar-refractivity contribution >= 4 is 29.1 Å². The highest BCUT2D eigenvalue weighted by molar-refractivity contribution is 6.53. The van der Waals surface area contributed by atoms with Gasteiger partial charge in [-0.3, -0.25) is 4.79 Å². The Morgan fingerprint density at radius 2 is 2.00 bits per heavy atom. The molecule has 2 nitrogen and oxygen atoms in total. The quantitative estimate of drug-likeness (QED) is 0.844. The van der Waals surface area contributed by atoms with E-state index in [4.69, 9.17) is 23.2 Å². The van der Waals surface area contributed by atoms with E-state index in [0.29, 0.717) is 12.0 Å². The highest BCUT2D eigenvalue weighted by Gasteiger charge is 2.62. The molecular formula is C14H15Cl2F2NO. The van der Waals surface area contributed by atoms with Crippen molar-refractivity contribution in [2.45, 2.75) is 30.5 Å². The van der Waals surface area contributed by atoms with Crippen LogP contribution in [0, 0.1) is 17.0 Å². The lowest BCUT2D eigenvalue weighted by molar-refractivity contribution is -0.119. The second kappa shape index (κ2) is 5.15. The molecule has 20 heavy (non-hydrogen) atoms. The Morgan fingerprint density at radius 1 is 1.40 bits per heavy atom. The van der Waals surface area contributed by atoms with Gasteiger partial charge in [0.15, 0.2) is 4.84 Å². The lowest BCUT2D eigenvalue weighted by Gasteiger charge is -2.22. The molecule has 2 rings (SSSR count). The molecule has 0 saturated heterocycles. The number of carbonyl (C=O) groups excluding carboxylic acids is 1. The summed E-state index contributed by atoms with van der Waals surface area (Å²) in [6.45, 7) is 4.17. The van der Waals surface area contributed by atoms with Gasteiger partial charge in [0.25, 0.3) is 5.91 Å². The van der Waals surface area contributed by atoms with E-state index in [1.54, 1.807) is 0 Å². The van der Waals surface area contributed by atoms with Gasteiger partial charge in [-0.25, -0.2) is 8.78 Å². The fourth-order valence-corrected chi connectivity index (χ4v) is 2.91. The maximum atomic E-state index is 14.0. The van der Waals surface area contributed by atoms with Gasteiger partial charge >= 0.3 is 0 Å². The number of carbonyl (C=O) groups is 1. The van der Waals surface area contributed by atoms with Crippen LogP contribution in [0.1, 0.15) is 25.8 Å². The summed E-state index contributed by atoms with van der Waals surface area (Å²) in [4.78, 5) is 10.3. The molecule has 0 heterocycles. The summed E-state index contributed by atoms with van der Waals surface area (Å²) in [5.41, 5.74) is -0.333. The zero-order valence-corrected chi connectivity index (χ0v) is 12.7. The van der Waals surface area contributed by atoms with E-state index in [-0.39, 0.29) is 12.0 Å². The maximum Gasteiger partial charge on any atom is 0.253 e. The number of amides is 1. The fourth-order valence-electron chi connectivity index (χ4n) is 2.76. The summed E-state index contributed by atoms with van der Waals surface area (Å²) in [6, 6.07) is 3.52. The van der Waals surface area contributed by atoms with E-state index < -0.39 is 27.8 Å². The first kappa shape index (κ1) is 15.5. The summed E-state index contributed by atoms with van der Waals surface area (Å²) >= 11 is 11.0. The van der Waals surface area contributed by atoms with Crippen LogP contribution in [-0.4, -0.2) is 17.3 Å². The maximum absolute atomic E-state index is 14.0. The Kier molecular flexibility index (Phi) is 4.00. The number of nitrogens with one attached hydrogen (secondary N) is 1. The highest BCUT2D eigenvalue weighted by atomic mass is 35.5. The minimum Gasteiger partial charge on any atom is -0.353 e. The molecule has 110 valence electrons. The lowest BCUT2D eigenvalue weighted by atomic mass is 9.87. The van der Waals surface area contributed by atoms with Gasteiger partial charge in [-0.1, -0.05) is 43.1 Å². The number of hydrogen-bond donors (Lipinski definition) is 1. The molecule has 1 aliphatic carbocycles. The smallest absolute Gasteiger partial charge is 0.253 e. The van der Waals surface area contributed by atoms with Crippen molar-refractivity contribution < 1.29 is 13.6 Å². The topological polar surface area (TPSA) is 29.1 Å². The summed E-state index contributed by atoms with van der Waals surface area (Å²) < 4.78 is 27.0. The predicted octanol–water partition coefficient (Wildman–Crippen LogP) is 3.55. The Bertz CT molecular complexity index is 548. The highest BCUT2D eigenvalue weighted by Crippen LogP contribution is 2.64. The van der Waals surface area contributed by atoms with Crippen LogP contribution >= 0.6 is 23.2 Å². The van der Waals surface area contributed by atoms with Gasteiger partial charge in [-0.15, -0.1) is 0 Å². The van der Waals surface area contributed by atoms with E-state index >= 15 is 0 Å². The van der Waals surface area contributed by atoms with Crippen LogP contribution in [0.5, 0.6) is 0 Å². The monoisotopic (exact) mass is 321 g/mol. The van der Waals surface area contributed by atoms with Crippen LogP contribution in [0.4, 0.5) is 8.78 Å². The fraction of sp³-hybridized carbons (Fsp3) is 0.500. The number of rotatable bonds is 4. The van der Waals surface area contributed by atoms with Crippen molar-refractivity contribution in [3.05, 3.63) is 35.4 Å². The van der Waals surface area contributed by atoms with Crippen LogP contribution in [0.25, 0.3) is 0 Å². The second-order valence-corrected chi connectivity index (χ2v) is 6.88. The molecule has 6 heteroatoms. The summed E-state index contributed by atoms with van der Waals surface area (Å²) in [5, 5.41) is 2.62. The van der Waals surface area contributed by atoms with E-state index in [1.807, 2.05) is 13.8 Å². The first-order valence-corrected chi connectivity index (χ1v) is 7.08. The number of alkyl halides is 2. The number of benzene rings is 1. The largest absolute Gasteiger partial charge is 0.353 e. The van der Waals surface area contributed by atoms with Crippen LogP contribution < -0.4 is 5.32 Å². The molecule has 0 spiro atoms. The molecule has 1 aliphatic rings. The summed E-state index contributed by atoms with van der Waals surface area (Å²) in [5.74, 6) is -1.73. The lowest BCUT2D eigenvalue weighted by Crippen LogP contribution is -2.37. The zero-order valence-electron chi connectivity index (χ0n) is 11.1. The Balaban J connectivity index is 2.26. The molecule has 0 bridgehead atoms. The first-order valence-electron chi connectivity index (χ1n) is 6.21. The van der Waals surface area contributed by atoms with Gasteiger partial charge in [-0.05, 0) is 23.5 Å². The summed E-state index contributed by atoms with van der Waals surface area (Å²) in [7, 11) is 0. The Morgan fingerprint density at radius 3 is 2.45 bits per heavy atom. The normalized spacial score (nSPS) is 23.8. The third kappa shape index (κ3) is 2.63. The third-order valence-corrected chi connectivity index (χ3v) is 4.52. The minimum absolute atomic E-state index is 0.187. The SMILES string of the molecule is CC1(C)CC1(CNC(=O)C(Cl)Cl)c1ccc(F)cc1F. The van der Waals surface area contributed by atoms with Gasteiger partial charge in [0.2, 0.25) is 0 Å². The van der Waals surface area contributed by atoms with Crippen LogP contribution in [0.3, 0.4) is 0 Å². The van der Waals surface area contributed by atoms with Crippen LogP contribution in [0.2, 0.25) is 0 Å². The second-order valence-electron chi connectivity index (χ2n) is 5.79. The molecule has 1 atom stereocenters. The molecular weight excluding hydrogens is 307 g/mol. The molecule has 1 aromatic rings. The van der Waals surface area contributed by atoms with Crippen molar-refractivity contribution in [2.24, 2.45) is 5.41 Å². The van der Waals surface area contributed by atoms with E-state index in [1.165, 1.54) is 12.1 Å². The van der Waals surface area contributed by atoms with E-state index in [2.05, 4.69) is 5.32 Å². The Labute approximate surface area is 126 Å². The molecule has 0 aliphatic heterocycles. The van der Waals surface area contributed by atoms with Gasteiger partial charge in [0.05, 0.1) is 0 Å². The van der Waals surface area contributed by atoms with Crippen LogP contribution in [-0.2, 0) is 10.2 Å². The van der Waals surface area contributed by atoms with Crippen molar-refractivity contribution in [3.63, 3.8) is 0 Å². The number of hydrogen-bond acceptors (Lipinski definition) is 1. The molecule has 1 saturated carbocycles. The molecule has 1 aromatic carbocycles. The molecule has 1 N–H and O–H groups in total. The van der Waals surface area contributed by atoms with E-state index in [0.717, 1.165) is 6.07 Å². The van der Waals surface area contributed by atoms with Gasteiger partial charge < -0.3 is 5.32 Å². The zero-order chi connectivity index (χ0) is 15.1. The first-order chi connectivity index (χ1) is 9.19. The van der Waals surface area contributed by atoms with E-state index in [9.17, 15) is 13.6 Å². The molecule has 1 unspecified atom stereocenters. The molecule has 0 aromatic heterocycles. The van der Waals surface area contributed by atoms with Crippen molar-refractivity contribution in [1.29, 1.82) is 0 Å². The van der Waals surface area contributed by atoms with Crippen molar-refractivity contribution in [1.82, 2.24) is 5.32 Å². The predicted molar refractivity (Wildman–Crippen MR) is 74.9 cm³/mol. The average molecular weight is 322 g/mol. The van der Waals surface area contributed by atoms with Gasteiger partial charge in [0, 0.05) is 18.0 Å². The molecule has 1 amide bonds. The standard InChI is InChI=1S/C14H15Cl2F2NO/c1-13(2)6-14(13,7-19-12(20)11(15)16)9-4-3-8(17)5-10(9)18/h3-5,11H,6-7H2,1-2H3,(H,19,20). The Hall–Kier alpha value is -0.870. The van der Waals surface area contributed by atoms with Crippen molar-refractivity contribution in [2.75, 3.05) is 6.54 Å². The average Bonchev–Trinajstić information content (AvgIpc) is 2.89. The third-order valence-electron chi connectivity index (χ3n) is 4.12. The van der Waals surface area contributed by atoms with Crippen molar-refractivity contribution in [3.8, 4) is 0 Å². The molecule has 1 fully saturated rings. The summed E-state index contributed by atoms with van der Waals surface area (Å²) in [6.07, 6.45) is 0.693.